The molecule has 0 aliphatic heterocycles. The first-order chi connectivity index (χ1) is 8.50. The molecule has 4 heteroatoms. The summed E-state index contributed by atoms with van der Waals surface area (Å²) in [6.45, 7) is 5.68. The fourth-order valence-electron chi connectivity index (χ4n) is 2.02. The summed E-state index contributed by atoms with van der Waals surface area (Å²) in [5.41, 5.74) is 8.41. The van der Waals surface area contributed by atoms with Crippen molar-refractivity contribution in [3.63, 3.8) is 0 Å². The van der Waals surface area contributed by atoms with Gasteiger partial charge in [-0.05, 0) is 38.0 Å². The predicted molar refractivity (Wildman–Crippen MR) is 69.8 cm³/mol. The van der Waals surface area contributed by atoms with Crippen LogP contribution in [-0.4, -0.2) is 9.55 Å². The van der Waals surface area contributed by atoms with Gasteiger partial charge in [0.1, 0.15) is 5.82 Å². The van der Waals surface area contributed by atoms with Crippen molar-refractivity contribution in [3.8, 4) is 0 Å². The maximum atomic E-state index is 13.6. The van der Waals surface area contributed by atoms with Crippen LogP contribution in [0, 0.1) is 12.7 Å². The lowest BCUT2D eigenvalue weighted by Gasteiger charge is -2.19. The fraction of sp³-hybridized carbons (Fsp3) is 0.357. The van der Waals surface area contributed by atoms with Crippen LogP contribution in [0.1, 0.15) is 42.8 Å². The van der Waals surface area contributed by atoms with Crippen molar-refractivity contribution >= 4 is 0 Å². The molecule has 1 aromatic carbocycles. The summed E-state index contributed by atoms with van der Waals surface area (Å²) < 4.78 is 15.6. The van der Waals surface area contributed by atoms with Crippen LogP contribution in [0.2, 0.25) is 0 Å². The Hall–Kier alpha value is -1.68. The lowest BCUT2D eigenvalue weighted by atomic mass is 10.1. The molecular formula is C14H18FN3. The molecule has 0 saturated heterocycles. The molecule has 3 nitrogen and oxygen atoms in total. The summed E-state index contributed by atoms with van der Waals surface area (Å²) in [6.07, 6.45) is 3.49. The highest BCUT2D eigenvalue weighted by Gasteiger charge is 2.14. The van der Waals surface area contributed by atoms with Crippen molar-refractivity contribution in [2.24, 2.45) is 5.73 Å². The van der Waals surface area contributed by atoms with Crippen molar-refractivity contribution in [3.05, 3.63) is 53.4 Å². The Balaban J connectivity index is 2.38. The lowest BCUT2D eigenvalue weighted by molar-refractivity contribution is 0.570. The Morgan fingerprint density at radius 2 is 2.06 bits per heavy atom. The number of nitrogens with zero attached hydrogens (tertiary/aromatic N) is 2. The number of hydrogen-bond acceptors (Lipinski definition) is 2. The maximum Gasteiger partial charge on any atom is 0.126 e. The molecule has 2 aromatic rings. The van der Waals surface area contributed by atoms with Gasteiger partial charge in [0.15, 0.2) is 0 Å². The van der Waals surface area contributed by atoms with Crippen LogP contribution < -0.4 is 5.73 Å². The van der Waals surface area contributed by atoms with E-state index in [4.69, 9.17) is 5.73 Å². The van der Waals surface area contributed by atoms with Gasteiger partial charge in [0.25, 0.3) is 0 Å². The molecule has 0 aliphatic rings. The number of halogens is 1. The summed E-state index contributed by atoms with van der Waals surface area (Å²) in [4.78, 5) is 4.12. The third-order valence-corrected chi connectivity index (χ3v) is 3.26. The van der Waals surface area contributed by atoms with Crippen molar-refractivity contribution in [1.29, 1.82) is 0 Å². The molecule has 96 valence electrons. The van der Waals surface area contributed by atoms with Gasteiger partial charge in [-0.15, -0.1) is 0 Å². The Labute approximate surface area is 106 Å². The second kappa shape index (κ2) is 4.90. The number of imidazole rings is 1. The van der Waals surface area contributed by atoms with Crippen LogP contribution in [0.25, 0.3) is 0 Å². The first-order valence-corrected chi connectivity index (χ1v) is 6.04. The number of aryl methyl sites for hydroxylation is 1. The van der Waals surface area contributed by atoms with E-state index >= 15 is 0 Å². The minimum absolute atomic E-state index is 0.0172. The molecule has 0 spiro atoms. The van der Waals surface area contributed by atoms with E-state index in [0.717, 1.165) is 11.3 Å². The van der Waals surface area contributed by atoms with E-state index in [1.165, 1.54) is 0 Å². The molecule has 1 unspecified atom stereocenters. The minimum atomic E-state index is -0.179. The van der Waals surface area contributed by atoms with Crippen LogP contribution in [0.4, 0.5) is 4.39 Å². The Kier molecular flexibility index (Phi) is 3.48. The van der Waals surface area contributed by atoms with Gasteiger partial charge in [0.2, 0.25) is 0 Å². The molecule has 2 rings (SSSR count). The third-order valence-electron chi connectivity index (χ3n) is 3.26. The summed E-state index contributed by atoms with van der Waals surface area (Å²) in [5, 5.41) is 0. The van der Waals surface area contributed by atoms with Gasteiger partial charge in [-0.3, -0.25) is 0 Å². The van der Waals surface area contributed by atoms with Crippen molar-refractivity contribution in [2.75, 3.05) is 0 Å². The minimum Gasteiger partial charge on any atom is -0.326 e. The van der Waals surface area contributed by atoms with Crippen LogP contribution in [0.5, 0.6) is 0 Å². The monoisotopic (exact) mass is 247 g/mol. The summed E-state index contributed by atoms with van der Waals surface area (Å²) >= 11 is 0. The predicted octanol–water partition coefficient (Wildman–Crippen LogP) is 2.96. The van der Waals surface area contributed by atoms with Crippen LogP contribution in [-0.2, 0) is 0 Å². The van der Waals surface area contributed by atoms with Crippen molar-refractivity contribution < 1.29 is 4.39 Å². The molecule has 2 atom stereocenters. The molecule has 2 N–H and O–H groups in total. The van der Waals surface area contributed by atoms with Crippen LogP contribution in [0.15, 0.2) is 30.7 Å². The highest BCUT2D eigenvalue weighted by Crippen LogP contribution is 2.23. The highest BCUT2D eigenvalue weighted by atomic mass is 19.1. The number of rotatable bonds is 3. The average Bonchev–Trinajstić information content (AvgIpc) is 2.81. The average molecular weight is 247 g/mol. The quantitative estimate of drug-likeness (QED) is 0.906. The Bertz CT molecular complexity index is 546. The fourth-order valence-corrected chi connectivity index (χ4v) is 2.02. The highest BCUT2D eigenvalue weighted by molar-refractivity contribution is 5.26. The SMILES string of the molecule is Cc1ccc(C(C)n2cncc2[C@H](C)N)cc1F. The number of aromatic nitrogens is 2. The Morgan fingerprint density at radius 1 is 1.33 bits per heavy atom. The molecule has 0 amide bonds. The maximum absolute atomic E-state index is 13.6. The Morgan fingerprint density at radius 3 is 2.67 bits per heavy atom. The first-order valence-electron chi connectivity index (χ1n) is 6.04. The van der Waals surface area contributed by atoms with Crippen molar-refractivity contribution in [1.82, 2.24) is 9.55 Å². The van der Waals surface area contributed by atoms with Gasteiger partial charge in [-0.1, -0.05) is 12.1 Å². The second-order valence-electron chi connectivity index (χ2n) is 4.70. The van der Waals surface area contributed by atoms with Crippen LogP contribution in [0.3, 0.4) is 0 Å². The summed E-state index contributed by atoms with van der Waals surface area (Å²) in [5.74, 6) is -0.179. The molecule has 1 aromatic heterocycles. The lowest BCUT2D eigenvalue weighted by Crippen LogP contribution is -2.15. The van der Waals surface area contributed by atoms with Gasteiger partial charge in [0, 0.05) is 12.2 Å². The van der Waals surface area contributed by atoms with Crippen molar-refractivity contribution in [2.45, 2.75) is 32.9 Å². The first kappa shape index (κ1) is 12.8. The molecule has 1 heterocycles. The zero-order valence-corrected chi connectivity index (χ0v) is 10.9. The molecule has 18 heavy (non-hydrogen) atoms. The van der Waals surface area contributed by atoms with Gasteiger partial charge in [-0.25, -0.2) is 9.37 Å². The summed E-state index contributed by atoms with van der Waals surface area (Å²) in [7, 11) is 0. The largest absolute Gasteiger partial charge is 0.326 e. The van der Waals surface area contributed by atoms with E-state index < -0.39 is 0 Å². The zero-order chi connectivity index (χ0) is 13.3. The molecule has 0 bridgehead atoms. The molecule has 0 radical (unpaired) electrons. The normalized spacial score (nSPS) is 14.5. The molecule has 0 fully saturated rings. The number of nitrogens with two attached hydrogens (primary N) is 1. The zero-order valence-electron chi connectivity index (χ0n) is 10.9. The van der Waals surface area contributed by atoms with E-state index in [-0.39, 0.29) is 17.9 Å². The number of benzene rings is 1. The van der Waals surface area contributed by atoms with Crippen LogP contribution >= 0.6 is 0 Å². The van der Waals surface area contributed by atoms with E-state index in [1.807, 2.05) is 24.5 Å². The van der Waals surface area contributed by atoms with Gasteiger partial charge < -0.3 is 10.3 Å². The molecule has 0 saturated carbocycles. The summed E-state index contributed by atoms with van der Waals surface area (Å²) in [6, 6.07) is 5.23. The second-order valence-corrected chi connectivity index (χ2v) is 4.70. The van der Waals surface area contributed by atoms with E-state index in [1.54, 1.807) is 31.6 Å². The number of hydrogen-bond donors (Lipinski definition) is 1. The molecular weight excluding hydrogens is 229 g/mol. The topological polar surface area (TPSA) is 43.8 Å². The van der Waals surface area contributed by atoms with Gasteiger partial charge in [-0.2, -0.15) is 0 Å². The van der Waals surface area contributed by atoms with Gasteiger partial charge >= 0.3 is 0 Å². The smallest absolute Gasteiger partial charge is 0.126 e. The van der Waals surface area contributed by atoms with Gasteiger partial charge in [0.05, 0.1) is 18.1 Å². The standard InChI is InChI=1S/C14H18FN3/c1-9-4-5-12(6-13(9)15)11(3)18-8-17-7-14(18)10(2)16/h4-8,10-11H,16H2,1-3H3/t10-,11?/m0/s1. The third kappa shape index (κ3) is 2.29. The van der Waals surface area contributed by atoms with E-state index in [2.05, 4.69) is 4.98 Å². The van der Waals surface area contributed by atoms with E-state index in [9.17, 15) is 4.39 Å². The van der Waals surface area contributed by atoms with E-state index in [0.29, 0.717) is 5.56 Å². The molecule has 0 aliphatic carbocycles.